The van der Waals surface area contributed by atoms with Crippen molar-refractivity contribution < 1.29 is 0 Å². The summed E-state index contributed by atoms with van der Waals surface area (Å²) in [5.74, 6) is 0.793. The number of likely N-dealkylation sites (N-methyl/N-ethyl adjacent to an activating group) is 1. The number of rotatable bonds is 7. The molecule has 0 radical (unpaired) electrons. The Labute approximate surface area is 124 Å². The van der Waals surface area contributed by atoms with E-state index in [1.165, 1.54) is 36.8 Å². The predicted molar refractivity (Wildman–Crippen MR) is 87.2 cm³/mol. The summed E-state index contributed by atoms with van der Waals surface area (Å²) in [6, 6.07) is 10.2. The van der Waals surface area contributed by atoms with Crippen molar-refractivity contribution in [3.05, 3.63) is 35.4 Å². The lowest BCUT2D eigenvalue weighted by Crippen LogP contribution is -2.46. The molecule has 1 unspecified atom stereocenters. The fourth-order valence-corrected chi connectivity index (χ4v) is 3.59. The van der Waals surface area contributed by atoms with Crippen LogP contribution in [-0.4, -0.2) is 37.6 Å². The molecule has 0 aliphatic heterocycles. The first-order valence-electron chi connectivity index (χ1n) is 8.12. The average molecular weight is 274 g/mol. The normalized spacial score (nSPS) is 16.9. The summed E-state index contributed by atoms with van der Waals surface area (Å²) in [5.41, 5.74) is 3.07. The van der Waals surface area contributed by atoms with E-state index in [-0.39, 0.29) is 0 Å². The molecule has 2 rings (SSSR count). The van der Waals surface area contributed by atoms with Crippen LogP contribution in [0.1, 0.15) is 37.8 Å². The van der Waals surface area contributed by atoms with Gasteiger partial charge in [-0.15, -0.1) is 0 Å². The molecular weight excluding hydrogens is 244 g/mol. The third-order valence-corrected chi connectivity index (χ3v) is 4.92. The summed E-state index contributed by atoms with van der Waals surface area (Å²) >= 11 is 0. The molecule has 1 aliphatic carbocycles. The molecule has 2 nitrogen and oxygen atoms in total. The maximum absolute atomic E-state index is 3.82. The lowest BCUT2D eigenvalue weighted by molar-refractivity contribution is 0.189. The Bertz CT molecular complexity index is 385. The van der Waals surface area contributed by atoms with Crippen molar-refractivity contribution in [2.24, 2.45) is 5.92 Å². The summed E-state index contributed by atoms with van der Waals surface area (Å²) in [5, 5.41) is 3.82. The second-order valence-electron chi connectivity index (χ2n) is 6.39. The van der Waals surface area contributed by atoms with Crippen molar-refractivity contribution in [2.45, 2.75) is 51.6 Å². The third-order valence-electron chi connectivity index (χ3n) is 4.92. The van der Waals surface area contributed by atoms with Gasteiger partial charge in [-0.05, 0) is 44.0 Å². The van der Waals surface area contributed by atoms with Crippen LogP contribution in [0.15, 0.2) is 24.3 Å². The van der Waals surface area contributed by atoms with Gasteiger partial charge in [-0.2, -0.15) is 0 Å². The molecule has 0 saturated heterocycles. The molecule has 0 saturated carbocycles. The SMILES string of the molecule is CCC(CC)C(CNC1Cc2ccccc2C1)N(C)C. The van der Waals surface area contributed by atoms with E-state index >= 15 is 0 Å². The highest BCUT2D eigenvalue weighted by molar-refractivity contribution is 5.33. The molecule has 1 atom stereocenters. The molecule has 0 spiro atoms. The first-order chi connectivity index (χ1) is 9.65. The van der Waals surface area contributed by atoms with E-state index in [4.69, 9.17) is 0 Å². The van der Waals surface area contributed by atoms with Crippen LogP contribution in [0.5, 0.6) is 0 Å². The maximum Gasteiger partial charge on any atom is 0.0242 e. The topological polar surface area (TPSA) is 15.3 Å². The summed E-state index contributed by atoms with van der Waals surface area (Å²) < 4.78 is 0. The smallest absolute Gasteiger partial charge is 0.0242 e. The van der Waals surface area contributed by atoms with Crippen LogP contribution < -0.4 is 5.32 Å². The van der Waals surface area contributed by atoms with Crippen LogP contribution in [-0.2, 0) is 12.8 Å². The van der Waals surface area contributed by atoms with Gasteiger partial charge in [-0.1, -0.05) is 51.0 Å². The van der Waals surface area contributed by atoms with Gasteiger partial charge in [-0.25, -0.2) is 0 Å². The highest BCUT2D eigenvalue weighted by Gasteiger charge is 2.24. The van der Waals surface area contributed by atoms with Crippen molar-refractivity contribution >= 4 is 0 Å². The molecule has 0 bridgehead atoms. The molecule has 20 heavy (non-hydrogen) atoms. The van der Waals surface area contributed by atoms with E-state index in [1.54, 1.807) is 0 Å². The van der Waals surface area contributed by atoms with Crippen molar-refractivity contribution in [3.63, 3.8) is 0 Å². The van der Waals surface area contributed by atoms with Gasteiger partial charge in [0.05, 0.1) is 0 Å². The predicted octanol–water partition coefficient (Wildman–Crippen LogP) is 3.11. The lowest BCUT2D eigenvalue weighted by atomic mass is 9.93. The number of nitrogens with zero attached hydrogens (tertiary/aromatic N) is 1. The van der Waals surface area contributed by atoms with Crippen LogP contribution in [0.25, 0.3) is 0 Å². The van der Waals surface area contributed by atoms with Crippen LogP contribution in [0.3, 0.4) is 0 Å². The van der Waals surface area contributed by atoms with E-state index in [9.17, 15) is 0 Å². The first kappa shape index (κ1) is 15.5. The second kappa shape index (κ2) is 7.24. The Balaban J connectivity index is 1.88. The molecule has 1 aromatic carbocycles. The Morgan fingerprint density at radius 1 is 1.10 bits per heavy atom. The lowest BCUT2D eigenvalue weighted by Gasteiger charge is -2.32. The van der Waals surface area contributed by atoms with Crippen molar-refractivity contribution in [1.29, 1.82) is 0 Å². The zero-order valence-electron chi connectivity index (χ0n) is 13.5. The van der Waals surface area contributed by atoms with Gasteiger partial charge >= 0.3 is 0 Å². The highest BCUT2D eigenvalue weighted by Crippen LogP contribution is 2.22. The molecular formula is C18H30N2. The summed E-state index contributed by atoms with van der Waals surface area (Å²) in [4.78, 5) is 2.40. The molecule has 1 aliphatic rings. The standard InChI is InChI=1S/C18H30N2/c1-5-14(6-2)18(20(3)4)13-19-17-11-15-9-7-8-10-16(15)12-17/h7-10,14,17-19H,5-6,11-13H2,1-4H3. The van der Waals surface area contributed by atoms with E-state index < -0.39 is 0 Å². The Morgan fingerprint density at radius 2 is 1.65 bits per heavy atom. The van der Waals surface area contributed by atoms with Crippen molar-refractivity contribution in [2.75, 3.05) is 20.6 Å². The van der Waals surface area contributed by atoms with E-state index in [1.807, 2.05) is 0 Å². The number of hydrogen-bond donors (Lipinski definition) is 1. The Kier molecular flexibility index (Phi) is 5.62. The van der Waals surface area contributed by atoms with Gasteiger partial charge in [0.2, 0.25) is 0 Å². The summed E-state index contributed by atoms with van der Waals surface area (Å²) in [6.07, 6.45) is 4.93. The molecule has 2 heteroatoms. The number of fused-ring (bicyclic) bond motifs is 1. The molecule has 0 fully saturated rings. The number of nitrogens with one attached hydrogen (secondary N) is 1. The second-order valence-corrected chi connectivity index (χ2v) is 6.39. The first-order valence-corrected chi connectivity index (χ1v) is 8.12. The molecule has 0 aromatic heterocycles. The van der Waals surface area contributed by atoms with Crippen LogP contribution in [0, 0.1) is 5.92 Å². The molecule has 112 valence electrons. The van der Waals surface area contributed by atoms with Gasteiger partial charge in [0.15, 0.2) is 0 Å². The van der Waals surface area contributed by atoms with Crippen LogP contribution in [0.2, 0.25) is 0 Å². The van der Waals surface area contributed by atoms with Crippen LogP contribution >= 0.6 is 0 Å². The van der Waals surface area contributed by atoms with E-state index in [2.05, 4.69) is 62.4 Å². The number of benzene rings is 1. The van der Waals surface area contributed by atoms with Gasteiger partial charge in [0.25, 0.3) is 0 Å². The largest absolute Gasteiger partial charge is 0.312 e. The van der Waals surface area contributed by atoms with Crippen molar-refractivity contribution in [1.82, 2.24) is 10.2 Å². The quantitative estimate of drug-likeness (QED) is 0.822. The van der Waals surface area contributed by atoms with Crippen LogP contribution in [0.4, 0.5) is 0 Å². The zero-order valence-corrected chi connectivity index (χ0v) is 13.5. The molecule has 1 N–H and O–H groups in total. The van der Waals surface area contributed by atoms with Gasteiger partial charge in [-0.3, -0.25) is 0 Å². The van der Waals surface area contributed by atoms with Gasteiger partial charge in [0, 0.05) is 18.6 Å². The molecule has 0 heterocycles. The minimum Gasteiger partial charge on any atom is -0.312 e. The van der Waals surface area contributed by atoms with Gasteiger partial charge < -0.3 is 10.2 Å². The fraction of sp³-hybridized carbons (Fsp3) is 0.667. The van der Waals surface area contributed by atoms with Gasteiger partial charge in [0.1, 0.15) is 0 Å². The monoisotopic (exact) mass is 274 g/mol. The fourth-order valence-electron chi connectivity index (χ4n) is 3.59. The Morgan fingerprint density at radius 3 is 2.10 bits per heavy atom. The zero-order chi connectivity index (χ0) is 14.5. The Hall–Kier alpha value is -0.860. The van der Waals surface area contributed by atoms with E-state index in [0.29, 0.717) is 12.1 Å². The average Bonchev–Trinajstić information content (AvgIpc) is 2.85. The molecule has 0 amide bonds. The minimum atomic E-state index is 0.629. The minimum absolute atomic E-state index is 0.629. The number of hydrogen-bond acceptors (Lipinski definition) is 2. The third kappa shape index (κ3) is 3.62. The highest BCUT2D eigenvalue weighted by atomic mass is 15.1. The van der Waals surface area contributed by atoms with Crippen molar-refractivity contribution in [3.8, 4) is 0 Å². The summed E-state index contributed by atoms with van der Waals surface area (Å²) in [7, 11) is 4.43. The summed E-state index contributed by atoms with van der Waals surface area (Å²) in [6.45, 7) is 5.74. The molecule has 1 aromatic rings. The maximum atomic E-state index is 3.82. The van der Waals surface area contributed by atoms with E-state index in [0.717, 1.165) is 12.5 Å².